The Morgan fingerprint density at radius 2 is 1.15 bits per heavy atom. The van der Waals surface area contributed by atoms with Crippen LogP contribution in [-0.2, 0) is 57.2 Å². The van der Waals surface area contributed by atoms with E-state index in [-0.39, 0.29) is 116 Å². The summed E-state index contributed by atoms with van der Waals surface area (Å²) in [6, 6.07) is 0. The fraction of sp³-hybridized carbons (Fsp3) is 0.852. The summed E-state index contributed by atoms with van der Waals surface area (Å²) >= 11 is 0. The summed E-state index contributed by atoms with van der Waals surface area (Å²) < 4.78 is 31.4. The lowest BCUT2D eigenvalue weighted by Gasteiger charge is -2.40. The van der Waals surface area contributed by atoms with Gasteiger partial charge in [-0.25, -0.2) is 4.79 Å². The molecule has 11 rings (SSSR count). The highest BCUT2D eigenvalue weighted by Gasteiger charge is 2.69. The molecule has 12 nitrogen and oxygen atoms in total. The first kappa shape index (κ1) is 60.6. The summed E-state index contributed by atoms with van der Waals surface area (Å²) in [5.74, 6) is 6.08. The number of hydrogen-bond acceptors (Lipinski definition) is 12. The summed E-state index contributed by atoms with van der Waals surface area (Å²) in [7, 11) is 1.42. The molecular weight excluding hydrogens is 841 g/mol. The standard InChI is InChI=1S/C14H20O4.C14H18O2.C13H18O4.C7H14O2.6CH4/c1-4-14(2,3)13(16)18-11-8-5-7-6-9(8)12(15)17-10(7)11;15-14-13-9-4-8(10(13)5-16-14)11-6-1-2-7(3-6)12(9)11;1-4-13(2,3)12(15)17-10-8-6-5-7-9(8)16-11(10)14;1-5-7(2,3)6(8)9-4;;;;;;/h7-11H,4-6H2,1-3H3;6-13H,1-5H2;5,7-10H,4,6H2,1-3H3;5H2,1-4H3;6*1H4. The van der Waals surface area contributed by atoms with E-state index in [1.165, 1.54) is 32.8 Å². The third-order valence-corrected chi connectivity index (χ3v) is 17.2. The van der Waals surface area contributed by atoms with Crippen molar-refractivity contribution < 1.29 is 57.2 Å². The smallest absolute Gasteiger partial charge is 0.348 e. The summed E-state index contributed by atoms with van der Waals surface area (Å²) in [4.78, 5) is 69.9. The van der Waals surface area contributed by atoms with Crippen LogP contribution in [0.3, 0.4) is 0 Å². The van der Waals surface area contributed by atoms with Gasteiger partial charge in [0.15, 0.2) is 0 Å². The molecular formula is C54H94O12. The predicted molar refractivity (Wildman–Crippen MR) is 258 cm³/mol. The number of hydrogen-bond donors (Lipinski definition) is 0. The highest BCUT2D eigenvalue weighted by atomic mass is 16.6. The van der Waals surface area contributed by atoms with Crippen molar-refractivity contribution in [1.29, 1.82) is 0 Å². The number of cyclic esters (lactones) is 1. The predicted octanol–water partition coefficient (Wildman–Crippen LogP) is 11.3. The van der Waals surface area contributed by atoms with Crippen LogP contribution in [0.2, 0.25) is 0 Å². The second-order valence-corrected chi connectivity index (χ2v) is 21.4. The molecule has 0 aromatic heterocycles. The molecule has 16 atom stereocenters. The number of carbonyl (C=O) groups excluding carboxylic acids is 6. The van der Waals surface area contributed by atoms with Crippen molar-refractivity contribution >= 4 is 35.8 Å². The summed E-state index contributed by atoms with van der Waals surface area (Å²) in [6.45, 7) is 17.8. The minimum absolute atomic E-state index is 0. The molecule has 0 radical (unpaired) electrons. The maximum absolute atomic E-state index is 12.1. The maximum Gasteiger partial charge on any atom is 0.348 e. The number of ether oxygens (including phenoxy) is 6. The van der Waals surface area contributed by atoms with Crippen LogP contribution in [0.15, 0.2) is 12.2 Å². The fourth-order valence-corrected chi connectivity index (χ4v) is 12.5. The van der Waals surface area contributed by atoms with Crippen molar-refractivity contribution in [2.45, 2.75) is 195 Å². The zero-order valence-electron chi connectivity index (χ0n) is 37.6. The van der Waals surface area contributed by atoms with Crippen LogP contribution < -0.4 is 0 Å². The van der Waals surface area contributed by atoms with Crippen LogP contribution in [0.5, 0.6) is 0 Å². The first-order chi connectivity index (χ1) is 28.3. The Kier molecular flexibility index (Phi) is 20.9. The number of esters is 6. The molecule has 11 aliphatic rings. The van der Waals surface area contributed by atoms with E-state index in [9.17, 15) is 28.8 Å². The zero-order valence-corrected chi connectivity index (χ0v) is 37.6. The topological polar surface area (TPSA) is 158 Å². The molecule has 382 valence electrons. The quantitative estimate of drug-likeness (QED) is 0.0983. The van der Waals surface area contributed by atoms with Gasteiger partial charge in [0.25, 0.3) is 0 Å². The highest BCUT2D eigenvalue weighted by molar-refractivity contribution is 5.84. The molecule has 0 aromatic carbocycles. The molecule has 16 unspecified atom stereocenters. The normalized spacial score (nSPS) is 36.5. The van der Waals surface area contributed by atoms with Crippen LogP contribution >= 0.6 is 0 Å². The molecule has 8 bridgehead atoms. The fourth-order valence-electron chi connectivity index (χ4n) is 12.5. The molecule has 4 saturated heterocycles. The average Bonchev–Trinajstić information content (AvgIpc) is 4.09. The molecule has 4 aliphatic heterocycles. The first-order valence-electron chi connectivity index (χ1n) is 23.0. The SMILES string of the molecule is C.C.C.C.C.C.CCC(C)(C)C(=O)OC.CCC(C)(C)C(=O)OC1C(=O)OC2C=CCC21.CCC(C)(C)C(=O)OC1C2CC3CC2C(=O)OC31.O=C1OCC2C3CC(C12)C1C2CCC(C2)C31. The molecule has 0 aromatic rings. The molecule has 7 aliphatic carbocycles. The molecule has 4 heterocycles. The van der Waals surface area contributed by atoms with Crippen LogP contribution in [0.25, 0.3) is 0 Å². The number of carbonyl (C=O) groups is 6. The lowest BCUT2D eigenvalue weighted by molar-refractivity contribution is -0.200. The van der Waals surface area contributed by atoms with Crippen molar-refractivity contribution in [3.8, 4) is 0 Å². The minimum atomic E-state index is -0.728. The first-order valence-corrected chi connectivity index (χ1v) is 23.0. The third-order valence-electron chi connectivity index (χ3n) is 17.2. The Bertz CT molecular complexity index is 1730. The number of allylic oxidation sites excluding steroid dienone is 1. The van der Waals surface area contributed by atoms with Gasteiger partial charge in [-0.2, -0.15) is 0 Å². The maximum atomic E-state index is 12.1. The summed E-state index contributed by atoms with van der Waals surface area (Å²) in [5, 5.41) is 0. The van der Waals surface area contributed by atoms with Crippen LogP contribution in [-0.4, -0.2) is 73.9 Å². The molecule has 66 heavy (non-hydrogen) atoms. The van der Waals surface area contributed by atoms with Crippen molar-refractivity contribution in [1.82, 2.24) is 0 Å². The monoisotopic (exact) mass is 935 g/mol. The van der Waals surface area contributed by atoms with E-state index in [0.717, 1.165) is 74.2 Å². The third kappa shape index (κ3) is 10.7. The summed E-state index contributed by atoms with van der Waals surface area (Å²) in [6.07, 6.45) is 13.2. The molecule has 0 amide bonds. The van der Waals surface area contributed by atoms with Gasteiger partial charge in [-0.1, -0.05) is 71.4 Å². The Morgan fingerprint density at radius 1 is 0.606 bits per heavy atom. The second-order valence-electron chi connectivity index (χ2n) is 21.4. The van der Waals surface area contributed by atoms with Gasteiger partial charge in [0.05, 0.1) is 47.7 Å². The Balaban J connectivity index is 0.000000437. The van der Waals surface area contributed by atoms with Gasteiger partial charge in [-0.15, -0.1) is 0 Å². The van der Waals surface area contributed by atoms with Crippen molar-refractivity contribution in [3.63, 3.8) is 0 Å². The van der Waals surface area contributed by atoms with E-state index in [1.54, 1.807) is 0 Å². The van der Waals surface area contributed by atoms with Gasteiger partial charge in [0.2, 0.25) is 6.10 Å². The van der Waals surface area contributed by atoms with Crippen molar-refractivity contribution in [2.75, 3.05) is 13.7 Å². The number of methoxy groups -OCH3 is 1. The van der Waals surface area contributed by atoms with Crippen LogP contribution in [0, 0.1) is 87.3 Å². The van der Waals surface area contributed by atoms with E-state index < -0.39 is 22.9 Å². The summed E-state index contributed by atoms with van der Waals surface area (Å²) in [5.41, 5.74) is -1.32. The Labute approximate surface area is 400 Å². The van der Waals surface area contributed by atoms with Gasteiger partial charge in [0.1, 0.15) is 18.3 Å². The lowest BCUT2D eigenvalue weighted by atomic mass is 9.64. The van der Waals surface area contributed by atoms with Gasteiger partial charge >= 0.3 is 35.8 Å². The van der Waals surface area contributed by atoms with E-state index in [1.807, 2.05) is 74.5 Å². The van der Waals surface area contributed by atoms with Crippen molar-refractivity contribution in [2.24, 2.45) is 87.3 Å². The molecule has 10 fully saturated rings. The molecule has 0 spiro atoms. The number of fused-ring (bicyclic) bond motifs is 14. The Morgan fingerprint density at radius 3 is 1.68 bits per heavy atom. The van der Waals surface area contributed by atoms with Crippen molar-refractivity contribution in [3.05, 3.63) is 12.2 Å². The molecule has 12 heteroatoms. The van der Waals surface area contributed by atoms with Crippen LogP contribution in [0.4, 0.5) is 0 Å². The van der Waals surface area contributed by atoms with Gasteiger partial charge < -0.3 is 28.4 Å². The van der Waals surface area contributed by atoms with E-state index in [4.69, 9.17) is 23.7 Å². The second kappa shape index (κ2) is 22.8. The lowest BCUT2D eigenvalue weighted by Crippen LogP contribution is -2.52. The number of rotatable bonds is 8. The van der Waals surface area contributed by atoms with Gasteiger partial charge in [-0.3, -0.25) is 24.0 Å². The van der Waals surface area contributed by atoms with E-state index in [0.29, 0.717) is 24.2 Å². The van der Waals surface area contributed by atoms with E-state index in [2.05, 4.69) is 4.74 Å². The zero-order chi connectivity index (χ0) is 43.6. The molecule has 6 saturated carbocycles. The van der Waals surface area contributed by atoms with Gasteiger partial charge in [0, 0.05) is 17.8 Å². The van der Waals surface area contributed by atoms with E-state index >= 15 is 0 Å². The average molecular weight is 935 g/mol. The molecule has 0 N–H and O–H groups in total. The highest BCUT2D eigenvalue weighted by Crippen LogP contribution is 2.71. The van der Waals surface area contributed by atoms with Crippen LogP contribution in [0.1, 0.15) is 171 Å². The minimum Gasteiger partial charge on any atom is -0.469 e. The largest absolute Gasteiger partial charge is 0.469 e. The Hall–Kier alpha value is -3.44. The van der Waals surface area contributed by atoms with Gasteiger partial charge in [-0.05, 0) is 147 Å².